The summed E-state index contributed by atoms with van der Waals surface area (Å²) in [6.45, 7) is 6.55. The third-order valence-corrected chi connectivity index (χ3v) is 6.97. The number of nitrogens with zero attached hydrogens (tertiary/aromatic N) is 1. The van der Waals surface area contributed by atoms with Gasteiger partial charge in [0.1, 0.15) is 11.5 Å². The third kappa shape index (κ3) is 9.27. The van der Waals surface area contributed by atoms with E-state index in [0.29, 0.717) is 18.9 Å². The molecule has 194 valence electrons. The number of ether oxygens (including phenoxy) is 1. The van der Waals surface area contributed by atoms with Gasteiger partial charge in [0.25, 0.3) is 0 Å². The van der Waals surface area contributed by atoms with Crippen molar-refractivity contribution in [1.82, 2.24) is 4.98 Å². The highest BCUT2D eigenvalue weighted by atomic mass is 16.5. The van der Waals surface area contributed by atoms with Crippen LogP contribution in [0.3, 0.4) is 0 Å². The molecule has 1 aliphatic rings. The van der Waals surface area contributed by atoms with Gasteiger partial charge in [-0.2, -0.15) is 0 Å². The van der Waals surface area contributed by atoms with Gasteiger partial charge in [-0.15, -0.1) is 0 Å². The lowest BCUT2D eigenvalue weighted by Gasteiger charge is -2.29. The van der Waals surface area contributed by atoms with Crippen molar-refractivity contribution in [1.29, 1.82) is 0 Å². The van der Waals surface area contributed by atoms with E-state index in [1.165, 1.54) is 12.0 Å². The van der Waals surface area contributed by atoms with E-state index in [0.717, 1.165) is 61.4 Å². The molecule has 3 aromatic rings. The fraction of sp³-hybridized carbons (Fsp3) is 0.484. The summed E-state index contributed by atoms with van der Waals surface area (Å²) in [5.74, 6) is 1.14. The van der Waals surface area contributed by atoms with Crippen LogP contribution in [0, 0.1) is 25.7 Å². The quantitative estimate of drug-likeness (QED) is 0.321. The van der Waals surface area contributed by atoms with Crippen LogP contribution in [-0.2, 0) is 29.0 Å². The summed E-state index contributed by atoms with van der Waals surface area (Å²) >= 11 is 0. The predicted molar refractivity (Wildman–Crippen MR) is 143 cm³/mol. The molecule has 1 aromatic heterocycles. The van der Waals surface area contributed by atoms with Crippen molar-refractivity contribution >= 4 is 5.97 Å². The molecule has 1 N–H and O–H groups in total. The molecule has 0 saturated heterocycles. The van der Waals surface area contributed by atoms with Gasteiger partial charge in [0.2, 0.25) is 0 Å². The molecular weight excluding hydrogens is 450 g/mol. The first-order valence-corrected chi connectivity index (χ1v) is 13.3. The molecule has 5 heteroatoms. The van der Waals surface area contributed by atoms with Gasteiger partial charge in [-0.1, -0.05) is 86.0 Å². The summed E-state index contributed by atoms with van der Waals surface area (Å²) in [5.41, 5.74) is 3.32. The Morgan fingerprint density at radius 2 is 1.78 bits per heavy atom. The highest BCUT2D eigenvalue weighted by Gasteiger charge is 2.26. The molecule has 0 amide bonds. The van der Waals surface area contributed by atoms with E-state index < -0.39 is 5.97 Å². The van der Waals surface area contributed by atoms with Gasteiger partial charge >= 0.3 is 5.97 Å². The monoisotopic (exact) mass is 491 g/mol. The van der Waals surface area contributed by atoms with Crippen molar-refractivity contribution in [3.05, 3.63) is 89.1 Å². The largest absolute Gasteiger partial charge is 0.481 e. The first-order chi connectivity index (χ1) is 17.4. The Kier molecular flexibility index (Phi) is 11.2. The standard InChI is InChI=1S/C24H33NO4.C7H8/c1-3-23-25-22(17(2)29-23)16-28-21-11-7-10-19(15-21)12-13-20(24(26)27)14-18-8-5-4-6-9-18;1-7-5-3-2-4-6-7/h4-6,8-9,19-21H,3,7,10-16H2,1-2H3,(H,26,27);2-6H,1H3. The number of hydrogen-bond donors (Lipinski definition) is 1. The SMILES string of the molecule is CCc1nc(COC2CCCC(CCC(Cc3ccccc3)C(=O)O)C2)c(C)o1.Cc1ccccc1. The van der Waals surface area contributed by atoms with E-state index in [2.05, 4.69) is 24.0 Å². The first kappa shape index (κ1) is 27.7. The van der Waals surface area contributed by atoms with Gasteiger partial charge in [0, 0.05) is 6.42 Å². The average molecular weight is 492 g/mol. The molecule has 5 nitrogen and oxygen atoms in total. The number of hydrogen-bond acceptors (Lipinski definition) is 4. The fourth-order valence-corrected chi connectivity index (χ4v) is 4.81. The molecule has 1 aliphatic carbocycles. The van der Waals surface area contributed by atoms with Crippen LogP contribution in [0.4, 0.5) is 0 Å². The van der Waals surface area contributed by atoms with E-state index in [1.54, 1.807) is 0 Å². The second-order valence-electron chi connectivity index (χ2n) is 9.89. The maximum absolute atomic E-state index is 11.7. The van der Waals surface area contributed by atoms with Crippen LogP contribution in [0.5, 0.6) is 0 Å². The summed E-state index contributed by atoms with van der Waals surface area (Å²) in [4.78, 5) is 16.2. The zero-order valence-corrected chi connectivity index (χ0v) is 22.0. The summed E-state index contributed by atoms with van der Waals surface area (Å²) < 4.78 is 11.8. The highest BCUT2D eigenvalue weighted by molar-refractivity contribution is 5.70. The van der Waals surface area contributed by atoms with Gasteiger partial charge in [-0.3, -0.25) is 4.79 Å². The minimum absolute atomic E-state index is 0.229. The van der Waals surface area contributed by atoms with Crippen LogP contribution in [0.1, 0.15) is 73.9 Å². The average Bonchev–Trinajstić information content (AvgIpc) is 3.26. The molecule has 0 bridgehead atoms. The highest BCUT2D eigenvalue weighted by Crippen LogP contribution is 2.32. The predicted octanol–water partition coefficient (Wildman–Crippen LogP) is 7.34. The van der Waals surface area contributed by atoms with Crippen molar-refractivity contribution in [2.45, 2.75) is 84.8 Å². The molecule has 3 unspecified atom stereocenters. The number of carboxylic acids is 1. The molecule has 1 saturated carbocycles. The molecule has 2 aromatic carbocycles. The number of aromatic nitrogens is 1. The fourth-order valence-electron chi connectivity index (χ4n) is 4.81. The van der Waals surface area contributed by atoms with E-state index in [-0.39, 0.29) is 12.0 Å². The van der Waals surface area contributed by atoms with Crippen molar-refractivity contribution in [2.75, 3.05) is 0 Å². The van der Waals surface area contributed by atoms with Gasteiger partial charge in [-0.05, 0) is 57.4 Å². The summed E-state index contributed by atoms with van der Waals surface area (Å²) in [7, 11) is 0. The molecule has 3 atom stereocenters. The minimum atomic E-state index is -0.689. The number of aliphatic carboxylic acids is 1. The summed E-state index contributed by atoms with van der Waals surface area (Å²) in [5, 5.41) is 9.63. The summed E-state index contributed by atoms with van der Waals surface area (Å²) in [6.07, 6.45) is 7.69. The number of aryl methyl sites for hydroxylation is 3. The third-order valence-electron chi connectivity index (χ3n) is 6.97. The maximum Gasteiger partial charge on any atom is 0.306 e. The number of benzene rings is 2. The Morgan fingerprint density at radius 1 is 1.08 bits per heavy atom. The molecule has 1 fully saturated rings. The number of carbonyl (C=O) groups is 1. The number of oxazole rings is 1. The summed E-state index contributed by atoms with van der Waals surface area (Å²) in [6, 6.07) is 20.2. The van der Waals surface area contributed by atoms with E-state index in [4.69, 9.17) is 9.15 Å². The molecule has 0 radical (unpaired) electrons. The van der Waals surface area contributed by atoms with Crippen molar-refractivity contribution < 1.29 is 19.1 Å². The Morgan fingerprint density at radius 3 is 2.36 bits per heavy atom. The Bertz CT molecular complexity index is 1030. The first-order valence-electron chi connectivity index (χ1n) is 13.3. The zero-order chi connectivity index (χ0) is 25.8. The van der Waals surface area contributed by atoms with Gasteiger partial charge < -0.3 is 14.3 Å². The lowest BCUT2D eigenvalue weighted by atomic mass is 9.81. The number of rotatable bonds is 10. The molecule has 36 heavy (non-hydrogen) atoms. The van der Waals surface area contributed by atoms with E-state index in [9.17, 15) is 9.90 Å². The van der Waals surface area contributed by atoms with E-state index in [1.807, 2.05) is 62.4 Å². The van der Waals surface area contributed by atoms with Crippen molar-refractivity contribution in [3.8, 4) is 0 Å². The van der Waals surface area contributed by atoms with Crippen molar-refractivity contribution in [3.63, 3.8) is 0 Å². The lowest BCUT2D eigenvalue weighted by Crippen LogP contribution is -2.24. The van der Waals surface area contributed by atoms with Gasteiger partial charge in [-0.25, -0.2) is 4.98 Å². The van der Waals surface area contributed by atoms with Crippen LogP contribution >= 0.6 is 0 Å². The zero-order valence-electron chi connectivity index (χ0n) is 22.0. The normalized spacial score (nSPS) is 18.2. The van der Waals surface area contributed by atoms with Crippen LogP contribution in [-0.4, -0.2) is 22.2 Å². The Balaban J connectivity index is 0.000000444. The lowest BCUT2D eigenvalue weighted by molar-refractivity contribution is -0.142. The second kappa shape index (κ2) is 14.6. The van der Waals surface area contributed by atoms with Gasteiger partial charge in [0.05, 0.1) is 18.6 Å². The maximum atomic E-state index is 11.7. The van der Waals surface area contributed by atoms with Crippen LogP contribution in [0.15, 0.2) is 65.1 Å². The van der Waals surface area contributed by atoms with Crippen molar-refractivity contribution in [2.24, 2.45) is 11.8 Å². The smallest absolute Gasteiger partial charge is 0.306 e. The topological polar surface area (TPSA) is 72.6 Å². The molecular formula is C31H41NO4. The Labute approximate surface area is 215 Å². The molecule has 0 spiro atoms. The van der Waals surface area contributed by atoms with Crippen LogP contribution in [0.2, 0.25) is 0 Å². The van der Waals surface area contributed by atoms with Gasteiger partial charge in [0.15, 0.2) is 5.89 Å². The molecule has 0 aliphatic heterocycles. The molecule has 1 heterocycles. The molecule has 4 rings (SSSR count). The van der Waals surface area contributed by atoms with E-state index >= 15 is 0 Å². The number of carboxylic acid groups (broad SMARTS) is 1. The van der Waals surface area contributed by atoms with Crippen LogP contribution < -0.4 is 0 Å². The second-order valence-corrected chi connectivity index (χ2v) is 9.89. The Hall–Kier alpha value is -2.92. The van der Waals surface area contributed by atoms with Crippen LogP contribution in [0.25, 0.3) is 0 Å². The minimum Gasteiger partial charge on any atom is -0.481 e.